The number of amides is 2. The van der Waals surface area contributed by atoms with Gasteiger partial charge in [-0.3, -0.25) is 14.3 Å². The molecule has 4 aromatic rings. The molecule has 2 aromatic carbocycles. The Labute approximate surface area is 267 Å². The van der Waals surface area contributed by atoms with Crippen LogP contribution in [0.2, 0.25) is 0 Å². The highest BCUT2D eigenvalue weighted by Crippen LogP contribution is 2.43. The number of halogens is 3. The monoisotopic (exact) mass is 653 g/mol. The number of nitrogens with zero attached hydrogens (tertiary/aromatic N) is 3. The number of nitrogens with one attached hydrogen (secondary N) is 1. The van der Waals surface area contributed by atoms with Crippen LogP contribution in [0.15, 0.2) is 48.7 Å². The first-order chi connectivity index (χ1) is 22.4. The molecule has 2 fully saturated rings. The quantitative estimate of drug-likeness (QED) is 0.190. The summed E-state index contributed by atoms with van der Waals surface area (Å²) in [5.74, 6) is -0.818. The fourth-order valence-corrected chi connectivity index (χ4v) is 5.27. The van der Waals surface area contributed by atoms with Gasteiger partial charge in [-0.15, -0.1) is 0 Å². The number of ether oxygens (including phenoxy) is 3. The fraction of sp³-hybridized carbons (Fsp3) is 0.394. The van der Waals surface area contributed by atoms with Gasteiger partial charge in [0.05, 0.1) is 44.5 Å². The topological polar surface area (TPSA) is 151 Å². The van der Waals surface area contributed by atoms with Gasteiger partial charge in [0.2, 0.25) is 11.5 Å². The number of alkyl halides is 3. The molecule has 0 radical (unpaired) electrons. The predicted octanol–water partition coefficient (Wildman–Crippen LogP) is 4.59. The van der Waals surface area contributed by atoms with E-state index >= 15 is 0 Å². The lowest BCUT2D eigenvalue weighted by Gasteiger charge is -2.31. The van der Waals surface area contributed by atoms with Crippen molar-refractivity contribution < 1.29 is 42.1 Å². The second kappa shape index (κ2) is 12.4. The Bertz CT molecular complexity index is 1820. The second-order valence-corrected chi connectivity index (χ2v) is 11.8. The molecule has 47 heavy (non-hydrogen) atoms. The molecule has 0 unspecified atom stereocenters. The van der Waals surface area contributed by atoms with Crippen LogP contribution in [0.1, 0.15) is 60.3 Å². The molecule has 2 amide bonds. The van der Waals surface area contributed by atoms with E-state index in [0.29, 0.717) is 22.2 Å². The van der Waals surface area contributed by atoms with Gasteiger partial charge in [-0.25, -0.2) is 4.98 Å². The molecule has 248 valence electrons. The van der Waals surface area contributed by atoms with Crippen LogP contribution in [0.4, 0.5) is 13.2 Å². The number of fused-ring (bicyclic) bond motifs is 1. The Balaban J connectivity index is 1.36. The first kappa shape index (κ1) is 32.1. The van der Waals surface area contributed by atoms with Gasteiger partial charge < -0.3 is 30.4 Å². The Morgan fingerprint density at radius 2 is 1.83 bits per heavy atom. The van der Waals surface area contributed by atoms with E-state index in [4.69, 9.17) is 19.9 Å². The van der Waals surface area contributed by atoms with Crippen molar-refractivity contribution in [1.82, 2.24) is 20.1 Å². The third kappa shape index (κ3) is 6.68. The Morgan fingerprint density at radius 3 is 2.43 bits per heavy atom. The highest BCUT2D eigenvalue weighted by molar-refractivity contribution is 6.00. The van der Waals surface area contributed by atoms with Gasteiger partial charge in [0.15, 0.2) is 0 Å². The van der Waals surface area contributed by atoms with E-state index < -0.39 is 42.3 Å². The number of aliphatic hydroxyl groups is 1. The predicted molar refractivity (Wildman–Crippen MR) is 164 cm³/mol. The number of carbonyl (C=O) groups excluding carboxylic acids is 2. The Morgan fingerprint density at radius 1 is 1.11 bits per heavy atom. The highest BCUT2D eigenvalue weighted by atomic mass is 19.4. The van der Waals surface area contributed by atoms with Crippen molar-refractivity contribution in [2.24, 2.45) is 5.73 Å². The van der Waals surface area contributed by atoms with E-state index in [-0.39, 0.29) is 47.1 Å². The number of primary amides is 1. The van der Waals surface area contributed by atoms with Gasteiger partial charge in [-0.1, -0.05) is 0 Å². The van der Waals surface area contributed by atoms with Crippen LogP contribution in [-0.4, -0.2) is 64.2 Å². The van der Waals surface area contributed by atoms with Crippen LogP contribution in [-0.2, 0) is 16.8 Å². The van der Waals surface area contributed by atoms with Gasteiger partial charge >= 0.3 is 6.18 Å². The van der Waals surface area contributed by atoms with Crippen LogP contribution in [0.3, 0.4) is 0 Å². The van der Waals surface area contributed by atoms with Crippen LogP contribution < -0.4 is 25.3 Å². The molecule has 2 saturated carbocycles. The first-order valence-corrected chi connectivity index (χ1v) is 15.3. The molecule has 2 aromatic heterocycles. The summed E-state index contributed by atoms with van der Waals surface area (Å²) in [6.07, 6.45) is -0.0821. The summed E-state index contributed by atoms with van der Waals surface area (Å²) in [4.78, 5) is 29.5. The smallest absolute Gasteiger partial charge is 0.424 e. The average molecular weight is 654 g/mol. The minimum Gasteiger partial charge on any atom is -0.494 e. The van der Waals surface area contributed by atoms with Crippen molar-refractivity contribution in [2.75, 3.05) is 20.3 Å². The molecule has 0 spiro atoms. The largest absolute Gasteiger partial charge is 0.494 e. The number of rotatable bonds is 13. The zero-order valence-electron chi connectivity index (χ0n) is 25.8. The second-order valence-electron chi connectivity index (χ2n) is 11.8. The van der Waals surface area contributed by atoms with E-state index in [9.17, 15) is 27.9 Å². The Kier molecular flexibility index (Phi) is 8.47. The number of aromatic nitrogens is 3. The molecule has 4 N–H and O–H groups in total. The van der Waals surface area contributed by atoms with Gasteiger partial charge in [0, 0.05) is 28.3 Å². The van der Waals surface area contributed by atoms with Gasteiger partial charge in [0.25, 0.3) is 5.91 Å². The molecular formula is C33H34F3N5O6. The normalized spacial score (nSPS) is 16.0. The molecule has 14 heteroatoms. The maximum atomic E-state index is 14.8. The fourth-order valence-electron chi connectivity index (χ4n) is 5.27. The molecular weight excluding hydrogens is 619 g/mol. The zero-order valence-corrected chi connectivity index (χ0v) is 25.8. The summed E-state index contributed by atoms with van der Waals surface area (Å²) in [6.45, 7) is 0.487. The summed E-state index contributed by atoms with van der Waals surface area (Å²) >= 11 is 0. The number of pyridine rings is 1. The lowest BCUT2D eigenvalue weighted by atomic mass is 9.93. The third-order valence-electron chi connectivity index (χ3n) is 8.05. The molecule has 0 aliphatic heterocycles. The number of hydrogen-bond donors (Lipinski definition) is 3. The molecule has 2 aliphatic rings. The van der Waals surface area contributed by atoms with Crippen molar-refractivity contribution in [2.45, 2.75) is 63.0 Å². The number of hydrogen-bond acceptors (Lipinski definition) is 8. The van der Waals surface area contributed by atoms with Crippen LogP contribution in [0.25, 0.3) is 22.2 Å². The lowest BCUT2D eigenvalue weighted by molar-refractivity contribution is -0.265. The molecule has 1 atom stereocenters. The number of carbonyl (C=O) groups is 2. The molecule has 0 bridgehead atoms. The standard InChI is InChI=1S/C33H34F3N5O6/c1-3-46-30-19(15-27(37)42)14-26(39-29(30)18-4-8-23(9-5-18)47-24-10-11-24)32(44,33(34,35)36)17-38-31(43)20-12-21-16-41(22-6-7-22)40-28(21)25(13-20)45-2/h4-5,8-9,12-14,16,22,24,44H,3,6-7,10-11,15,17H2,1-2H3,(H2,37,42)(H,38,43)/t32-/m0/s1. The minimum atomic E-state index is -5.31. The molecule has 2 heterocycles. The lowest BCUT2D eigenvalue weighted by Crippen LogP contribution is -2.51. The van der Waals surface area contributed by atoms with Crippen LogP contribution >= 0.6 is 0 Å². The molecule has 6 rings (SSSR count). The van der Waals surface area contributed by atoms with E-state index in [0.717, 1.165) is 31.7 Å². The molecule has 0 saturated heterocycles. The van der Waals surface area contributed by atoms with Crippen molar-refractivity contribution >= 4 is 22.7 Å². The first-order valence-electron chi connectivity index (χ1n) is 15.3. The van der Waals surface area contributed by atoms with Gasteiger partial charge in [0.1, 0.15) is 28.5 Å². The highest BCUT2D eigenvalue weighted by Gasteiger charge is 2.57. The maximum absolute atomic E-state index is 14.8. The van der Waals surface area contributed by atoms with Crippen LogP contribution in [0.5, 0.6) is 17.2 Å². The maximum Gasteiger partial charge on any atom is 0.424 e. The number of nitrogens with two attached hydrogens (primary N) is 1. The SMILES string of the molecule is CCOc1c(CC(N)=O)cc([C@@](O)(CNC(=O)c2cc(OC)c3nn(C4CC4)cc3c2)C(F)(F)F)nc1-c1ccc(OC2CC2)cc1. The van der Waals surface area contributed by atoms with E-state index in [2.05, 4.69) is 15.4 Å². The summed E-state index contributed by atoms with van der Waals surface area (Å²) < 4.78 is 63.1. The van der Waals surface area contributed by atoms with Crippen LogP contribution in [0, 0.1) is 0 Å². The van der Waals surface area contributed by atoms with E-state index in [1.165, 1.54) is 19.2 Å². The molecule has 11 nitrogen and oxygen atoms in total. The number of methoxy groups -OCH3 is 1. The summed E-state index contributed by atoms with van der Waals surface area (Å²) in [5, 5.41) is 18.7. The van der Waals surface area contributed by atoms with Gasteiger partial charge in [-0.2, -0.15) is 18.3 Å². The van der Waals surface area contributed by atoms with Gasteiger partial charge in [-0.05, 0) is 75.1 Å². The number of benzene rings is 2. The summed E-state index contributed by atoms with van der Waals surface area (Å²) in [5.41, 5.74) is 1.76. The van der Waals surface area contributed by atoms with E-state index in [1.54, 1.807) is 42.1 Å². The van der Waals surface area contributed by atoms with Crippen molar-refractivity contribution in [1.29, 1.82) is 0 Å². The molecule has 2 aliphatic carbocycles. The summed E-state index contributed by atoms with van der Waals surface area (Å²) in [6, 6.07) is 10.6. The Hall–Kier alpha value is -4.85. The van der Waals surface area contributed by atoms with Crippen molar-refractivity contribution in [3.63, 3.8) is 0 Å². The minimum absolute atomic E-state index is 0.00507. The van der Waals surface area contributed by atoms with Crippen molar-refractivity contribution in [3.05, 3.63) is 65.5 Å². The van der Waals surface area contributed by atoms with E-state index in [1.807, 2.05) is 0 Å². The van der Waals surface area contributed by atoms with Crippen molar-refractivity contribution in [3.8, 4) is 28.5 Å². The summed E-state index contributed by atoms with van der Waals surface area (Å²) in [7, 11) is 1.40. The third-order valence-corrected chi connectivity index (χ3v) is 8.05. The average Bonchev–Trinajstić information content (AvgIpc) is 3.98. The zero-order chi connectivity index (χ0) is 33.5.